The average molecular weight is 845 g/mol. The first kappa shape index (κ1) is 45.7. The Labute approximate surface area is 346 Å². The summed E-state index contributed by atoms with van der Waals surface area (Å²) in [6, 6.07) is 29.5. The van der Waals surface area contributed by atoms with Crippen molar-refractivity contribution in [1.29, 1.82) is 0 Å². The van der Waals surface area contributed by atoms with Crippen molar-refractivity contribution in [2.24, 2.45) is 11.8 Å². The lowest BCUT2D eigenvalue weighted by molar-refractivity contribution is -0.170. The molecule has 4 unspecified atom stereocenters. The largest absolute Gasteiger partial charge is 0.481 e. The van der Waals surface area contributed by atoms with Gasteiger partial charge in [-0.1, -0.05) is 119 Å². The third-order valence-corrected chi connectivity index (χ3v) is 9.99. The van der Waals surface area contributed by atoms with E-state index < -0.39 is 11.9 Å². The van der Waals surface area contributed by atoms with Gasteiger partial charge in [-0.3, -0.25) is 24.1 Å². The lowest BCUT2D eigenvalue weighted by Crippen LogP contribution is -2.27. The molecule has 2 saturated carbocycles. The second-order valence-electron chi connectivity index (χ2n) is 12.4. The van der Waals surface area contributed by atoms with Gasteiger partial charge in [-0.15, -0.1) is 0 Å². The molecule has 6 rings (SSSR count). The highest BCUT2D eigenvalue weighted by molar-refractivity contribution is 6.33. The molecule has 14 heteroatoms. The van der Waals surface area contributed by atoms with Crippen molar-refractivity contribution in [2.45, 2.75) is 24.7 Å². The zero-order valence-corrected chi connectivity index (χ0v) is 34.0. The van der Waals surface area contributed by atoms with E-state index in [-0.39, 0.29) is 35.5 Å². The number of halogens is 4. The van der Waals surface area contributed by atoms with Gasteiger partial charge >= 0.3 is 11.9 Å². The highest BCUT2D eigenvalue weighted by Crippen LogP contribution is 2.50. The average Bonchev–Trinajstić information content (AvgIpc) is 4.13. The van der Waals surface area contributed by atoms with Crippen molar-refractivity contribution < 1.29 is 39.1 Å². The minimum atomic E-state index is -0.977. The molecule has 10 nitrogen and oxygen atoms in total. The first-order valence-electron chi connectivity index (χ1n) is 17.1. The molecule has 0 saturated heterocycles. The Morgan fingerprint density at radius 1 is 0.589 bits per heavy atom. The molecule has 2 N–H and O–H groups in total. The van der Waals surface area contributed by atoms with Crippen LogP contribution in [0.2, 0.25) is 20.1 Å². The van der Waals surface area contributed by atoms with Crippen LogP contribution in [0.5, 0.6) is 0 Å². The Morgan fingerprint density at radius 2 is 0.982 bits per heavy atom. The van der Waals surface area contributed by atoms with Gasteiger partial charge in [0.25, 0.3) is 5.91 Å². The first-order valence-corrected chi connectivity index (χ1v) is 18.6. The van der Waals surface area contributed by atoms with Crippen molar-refractivity contribution in [3.8, 4) is 0 Å². The van der Waals surface area contributed by atoms with Crippen molar-refractivity contribution >= 4 is 82.3 Å². The summed E-state index contributed by atoms with van der Waals surface area (Å²) >= 11 is 23.7. The number of hydrogen-bond donors (Lipinski definition) is 2. The summed E-state index contributed by atoms with van der Waals surface area (Å²) in [4.78, 5) is 53.5. The van der Waals surface area contributed by atoms with Gasteiger partial charge in [0.15, 0.2) is 0 Å². The molecule has 4 aromatic carbocycles. The van der Waals surface area contributed by atoms with Crippen LogP contribution in [0.15, 0.2) is 109 Å². The summed E-state index contributed by atoms with van der Waals surface area (Å²) in [7, 11) is 6.09. The monoisotopic (exact) mass is 842 g/mol. The number of carbonyl (C=O) groups is 4. The summed E-state index contributed by atoms with van der Waals surface area (Å²) in [5.74, 6) is -1.74. The van der Waals surface area contributed by atoms with E-state index in [2.05, 4.69) is 0 Å². The molecular weight excluding hydrogens is 802 g/mol. The van der Waals surface area contributed by atoms with Crippen LogP contribution in [-0.2, 0) is 28.9 Å². The van der Waals surface area contributed by atoms with E-state index in [1.165, 1.54) is 31.4 Å². The number of carboxylic acid groups (broad SMARTS) is 2. The van der Waals surface area contributed by atoms with E-state index >= 15 is 0 Å². The van der Waals surface area contributed by atoms with Crippen LogP contribution in [0.1, 0.15) is 46.9 Å². The van der Waals surface area contributed by atoms with Crippen LogP contribution in [0, 0.1) is 11.8 Å². The quantitative estimate of drug-likeness (QED) is 0.119. The number of carboxylic acids is 2. The normalized spacial score (nSPS) is 17.6. The number of nitrogens with zero attached hydrogens (tertiary/aromatic N) is 2. The van der Waals surface area contributed by atoms with Gasteiger partial charge in [-0.2, -0.15) is 0 Å². The number of carbonyl (C=O) groups excluding carboxylic acids is 2. The number of aliphatic carboxylic acids is 2. The van der Waals surface area contributed by atoms with E-state index in [0.717, 1.165) is 45.7 Å². The maximum absolute atomic E-state index is 11.8. The number of hydrogen-bond acceptors (Lipinski definition) is 6. The van der Waals surface area contributed by atoms with Gasteiger partial charge in [0.1, 0.15) is 0 Å². The van der Waals surface area contributed by atoms with Crippen molar-refractivity contribution in [3.05, 3.63) is 152 Å². The van der Waals surface area contributed by atoms with Gasteiger partial charge < -0.3 is 10.2 Å². The fourth-order valence-electron chi connectivity index (χ4n) is 5.24. The van der Waals surface area contributed by atoms with E-state index in [1.54, 1.807) is 56.6 Å². The molecule has 0 aromatic heterocycles. The van der Waals surface area contributed by atoms with Crippen LogP contribution in [0.4, 0.5) is 0 Å². The van der Waals surface area contributed by atoms with Crippen LogP contribution in [0.3, 0.4) is 0 Å². The Kier molecular flexibility index (Phi) is 18.6. The molecule has 296 valence electrons. The van der Waals surface area contributed by atoms with E-state index in [0.29, 0.717) is 20.6 Å². The highest BCUT2D eigenvalue weighted by Gasteiger charge is 2.46. The van der Waals surface area contributed by atoms with Gasteiger partial charge in [0.05, 0.1) is 20.1 Å². The maximum atomic E-state index is 11.8. The molecule has 0 spiro atoms. The lowest BCUT2D eigenvalue weighted by Gasteiger charge is -2.13. The number of rotatable bonds is 10. The van der Waals surface area contributed by atoms with Gasteiger partial charge in [0, 0.05) is 52.3 Å². The standard InChI is InChI=1S/C12H14ClNO2.C11H12ClNO2.C10H9ClO2.C9H7ClO2/c1-14(16-2)12(15)10-7-9(10)8-5-3-4-6-11(8)13;1-13(15-2)11(14)8-7-9-5-3-4-6-10(9)12;11-9-4-2-1-3-6(9)7-5-8(7)10(12)13;10-8-4-2-1-3-7(8)5-6-9(11)12/h3-6,9-10H,7H2,1-2H3;3-8H,1-2H3;1-4,7-8H,5H2,(H,12,13);1-6H,(H,11,12)/b;8-7+;;6-5+. The fourth-order valence-corrected chi connectivity index (χ4v) is 6.19. The summed E-state index contributed by atoms with van der Waals surface area (Å²) in [6.07, 6.45) is 7.16. The number of hydroxylamine groups is 4. The van der Waals surface area contributed by atoms with Gasteiger partial charge in [-0.25, -0.2) is 14.9 Å². The minimum absolute atomic E-state index is 0.0184. The molecule has 0 radical (unpaired) electrons. The van der Waals surface area contributed by atoms with Crippen molar-refractivity contribution in [2.75, 3.05) is 28.3 Å². The van der Waals surface area contributed by atoms with Gasteiger partial charge in [0.2, 0.25) is 5.91 Å². The Bertz CT molecular complexity index is 2020. The molecule has 2 aliphatic rings. The SMILES string of the molecule is CON(C)C(=O)/C=C/c1ccccc1Cl.CON(C)C(=O)C1CC1c1ccccc1Cl.O=C(O)/C=C/c1ccccc1Cl.O=C(O)C1CC1c1ccccc1Cl. The van der Waals surface area contributed by atoms with Crippen molar-refractivity contribution in [3.63, 3.8) is 0 Å². The van der Waals surface area contributed by atoms with Crippen LogP contribution >= 0.6 is 46.4 Å². The summed E-state index contributed by atoms with van der Waals surface area (Å²) in [5, 5.41) is 22.1. The second-order valence-corrected chi connectivity index (χ2v) is 14.0. The number of benzene rings is 4. The van der Waals surface area contributed by atoms with E-state index in [4.69, 9.17) is 66.3 Å². The topological polar surface area (TPSA) is 134 Å². The molecule has 0 aliphatic heterocycles. The number of likely N-dealkylation sites (N-methyl/N-ethyl adjacent to an activating group) is 1. The predicted molar refractivity (Wildman–Crippen MR) is 220 cm³/mol. The molecule has 0 bridgehead atoms. The summed E-state index contributed by atoms with van der Waals surface area (Å²) in [5.41, 5.74) is 3.54. The lowest BCUT2D eigenvalue weighted by atomic mass is 10.1. The molecule has 0 heterocycles. The zero-order chi connectivity index (χ0) is 41.4. The molecule has 4 aromatic rings. The first-order chi connectivity index (χ1) is 26.7. The maximum Gasteiger partial charge on any atom is 0.328 e. The zero-order valence-electron chi connectivity index (χ0n) is 31.0. The Hall–Kier alpha value is -4.68. The molecule has 2 amide bonds. The molecule has 56 heavy (non-hydrogen) atoms. The Balaban J connectivity index is 0.000000201. The molecule has 2 fully saturated rings. The van der Waals surface area contributed by atoms with Gasteiger partial charge in [-0.05, 0) is 83.3 Å². The predicted octanol–water partition coefficient (Wildman–Crippen LogP) is 9.80. The molecule has 4 atom stereocenters. The summed E-state index contributed by atoms with van der Waals surface area (Å²) < 4.78 is 0. The minimum Gasteiger partial charge on any atom is -0.481 e. The Morgan fingerprint density at radius 3 is 1.38 bits per heavy atom. The summed E-state index contributed by atoms with van der Waals surface area (Å²) in [6.45, 7) is 0. The van der Waals surface area contributed by atoms with Crippen LogP contribution in [0.25, 0.3) is 12.2 Å². The second kappa shape index (κ2) is 22.8. The number of amides is 2. The molecular formula is C42H42Cl4N2O8. The van der Waals surface area contributed by atoms with Crippen LogP contribution < -0.4 is 0 Å². The smallest absolute Gasteiger partial charge is 0.328 e. The van der Waals surface area contributed by atoms with Crippen molar-refractivity contribution in [1.82, 2.24) is 10.1 Å². The highest BCUT2D eigenvalue weighted by atomic mass is 35.5. The third kappa shape index (κ3) is 14.4. The fraction of sp³-hybridized carbons (Fsp3) is 0.238. The van der Waals surface area contributed by atoms with Crippen LogP contribution in [-0.4, -0.2) is 72.4 Å². The van der Waals surface area contributed by atoms with E-state index in [1.807, 2.05) is 60.7 Å². The molecule has 2 aliphatic carbocycles. The third-order valence-electron chi connectivity index (χ3n) is 8.61. The van der Waals surface area contributed by atoms with E-state index in [9.17, 15) is 19.2 Å².